The number of aromatic nitrogens is 3. The van der Waals surface area contributed by atoms with Crippen LogP contribution in [0.5, 0.6) is 0 Å². The molecule has 1 aromatic carbocycles. The van der Waals surface area contributed by atoms with Crippen LogP contribution in [0.2, 0.25) is 0 Å². The van der Waals surface area contributed by atoms with Crippen LogP contribution in [0.4, 0.5) is 11.5 Å². The summed E-state index contributed by atoms with van der Waals surface area (Å²) < 4.78 is 0. The predicted molar refractivity (Wildman–Crippen MR) is 107 cm³/mol. The zero-order valence-electron chi connectivity index (χ0n) is 15.9. The van der Waals surface area contributed by atoms with Crippen LogP contribution in [0.3, 0.4) is 0 Å². The molecule has 28 heavy (non-hydrogen) atoms. The van der Waals surface area contributed by atoms with Crippen molar-refractivity contribution in [2.75, 3.05) is 36.4 Å². The Bertz CT molecular complexity index is 1020. The molecule has 0 spiro atoms. The van der Waals surface area contributed by atoms with E-state index in [0.29, 0.717) is 37.6 Å². The Morgan fingerprint density at radius 3 is 2.50 bits per heavy atom. The van der Waals surface area contributed by atoms with Crippen molar-refractivity contribution in [3.8, 4) is 0 Å². The number of amides is 2. The molecule has 2 amide bonds. The molecule has 3 aromatic rings. The van der Waals surface area contributed by atoms with Gasteiger partial charge in [-0.3, -0.25) is 14.7 Å². The van der Waals surface area contributed by atoms with Crippen LogP contribution in [0.15, 0.2) is 36.4 Å². The van der Waals surface area contributed by atoms with E-state index < -0.39 is 11.8 Å². The first-order valence-corrected chi connectivity index (χ1v) is 9.25. The molecule has 4 rings (SSSR count). The second-order valence-corrected chi connectivity index (χ2v) is 6.95. The van der Waals surface area contributed by atoms with Crippen molar-refractivity contribution < 1.29 is 9.59 Å². The molecular formula is C20H22N6O2. The Hall–Kier alpha value is -3.42. The third kappa shape index (κ3) is 3.40. The van der Waals surface area contributed by atoms with Gasteiger partial charge >= 0.3 is 11.8 Å². The van der Waals surface area contributed by atoms with Crippen molar-refractivity contribution in [1.29, 1.82) is 0 Å². The van der Waals surface area contributed by atoms with Crippen LogP contribution in [-0.2, 0) is 9.59 Å². The number of nitrogens with one attached hydrogen (secondary N) is 2. The van der Waals surface area contributed by atoms with Gasteiger partial charge in [-0.1, -0.05) is 18.2 Å². The molecular weight excluding hydrogens is 356 g/mol. The topological polar surface area (TPSA) is 94.2 Å². The molecule has 0 aliphatic carbocycles. The van der Waals surface area contributed by atoms with Gasteiger partial charge in [0.05, 0.1) is 5.39 Å². The Morgan fingerprint density at radius 2 is 1.79 bits per heavy atom. The molecule has 1 fully saturated rings. The molecule has 0 bridgehead atoms. The van der Waals surface area contributed by atoms with Crippen LogP contribution >= 0.6 is 0 Å². The van der Waals surface area contributed by atoms with Gasteiger partial charge in [0.1, 0.15) is 0 Å². The number of anilines is 2. The summed E-state index contributed by atoms with van der Waals surface area (Å²) in [5.74, 6) is -0.885. The Kier molecular flexibility index (Phi) is 4.68. The quantitative estimate of drug-likeness (QED) is 0.664. The molecule has 1 aliphatic heterocycles. The Labute approximate surface area is 162 Å². The number of pyridine rings is 1. The highest BCUT2D eigenvalue weighted by Crippen LogP contribution is 2.23. The van der Waals surface area contributed by atoms with E-state index in [1.165, 1.54) is 0 Å². The number of hydrogen-bond donors (Lipinski definition) is 2. The van der Waals surface area contributed by atoms with Crippen LogP contribution in [0.25, 0.3) is 11.0 Å². The predicted octanol–water partition coefficient (Wildman–Crippen LogP) is 1.86. The smallest absolute Gasteiger partial charge is 0.315 e. The van der Waals surface area contributed by atoms with E-state index >= 15 is 0 Å². The van der Waals surface area contributed by atoms with E-state index in [2.05, 4.69) is 25.4 Å². The van der Waals surface area contributed by atoms with Gasteiger partial charge in [0.25, 0.3) is 0 Å². The van der Waals surface area contributed by atoms with E-state index in [4.69, 9.17) is 0 Å². The highest BCUT2D eigenvalue weighted by molar-refractivity contribution is 6.40. The summed E-state index contributed by atoms with van der Waals surface area (Å²) in [5, 5.41) is 10.3. The number of hydrogen-bond acceptors (Lipinski definition) is 5. The molecule has 8 nitrogen and oxygen atoms in total. The van der Waals surface area contributed by atoms with E-state index in [-0.39, 0.29) is 0 Å². The fourth-order valence-electron chi connectivity index (χ4n) is 3.58. The number of fused-ring (bicyclic) bond motifs is 1. The summed E-state index contributed by atoms with van der Waals surface area (Å²) in [6.45, 7) is 6.20. The average molecular weight is 378 g/mol. The van der Waals surface area contributed by atoms with Crippen LogP contribution < -0.4 is 10.2 Å². The summed E-state index contributed by atoms with van der Waals surface area (Å²) in [7, 11) is 0. The maximum absolute atomic E-state index is 12.6. The number of H-pyrrole nitrogens is 1. The van der Waals surface area contributed by atoms with Gasteiger partial charge in [-0.05, 0) is 37.6 Å². The van der Waals surface area contributed by atoms with Gasteiger partial charge in [0.15, 0.2) is 11.5 Å². The number of carbonyl (C=O) groups excluding carboxylic acids is 2. The third-order valence-corrected chi connectivity index (χ3v) is 4.97. The highest BCUT2D eigenvalue weighted by atomic mass is 16.2. The minimum absolute atomic E-state index is 0.335. The zero-order chi connectivity index (χ0) is 19.7. The lowest BCUT2D eigenvalue weighted by Gasteiger charge is -2.35. The number of carbonyl (C=O) groups is 2. The van der Waals surface area contributed by atoms with E-state index in [1.807, 2.05) is 50.2 Å². The van der Waals surface area contributed by atoms with Gasteiger partial charge < -0.3 is 15.1 Å². The number of aromatic amines is 1. The Balaban J connectivity index is 1.42. The molecule has 0 unspecified atom stereocenters. The number of benzene rings is 1. The highest BCUT2D eigenvalue weighted by Gasteiger charge is 2.27. The van der Waals surface area contributed by atoms with Crippen molar-refractivity contribution in [2.24, 2.45) is 0 Å². The van der Waals surface area contributed by atoms with E-state index in [9.17, 15) is 9.59 Å². The summed E-state index contributed by atoms with van der Waals surface area (Å²) in [4.78, 5) is 33.2. The van der Waals surface area contributed by atoms with Crippen molar-refractivity contribution in [2.45, 2.75) is 13.8 Å². The molecule has 2 aromatic heterocycles. The minimum Gasteiger partial charge on any atom is -0.368 e. The average Bonchev–Trinajstić information content (AvgIpc) is 3.11. The largest absolute Gasteiger partial charge is 0.368 e. The standard InChI is InChI=1S/C20H22N6O2/c1-13-12-14(2)21-17-16(13)18(24-23-17)22-19(27)20(28)26-10-8-25(9-11-26)15-6-4-3-5-7-15/h3-7,12H,8-11H2,1-2H3,(H2,21,22,23,24,27). The molecule has 0 saturated carbocycles. The monoisotopic (exact) mass is 378 g/mol. The summed E-state index contributed by atoms with van der Waals surface area (Å²) in [5.41, 5.74) is 3.52. The fourth-order valence-corrected chi connectivity index (χ4v) is 3.58. The molecule has 1 saturated heterocycles. The first-order chi connectivity index (χ1) is 13.5. The number of para-hydroxylation sites is 1. The maximum atomic E-state index is 12.6. The lowest BCUT2D eigenvalue weighted by molar-refractivity contribution is -0.143. The number of aryl methyl sites for hydroxylation is 2. The molecule has 1 aliphatic rings. The van der Waals surface area contributed by atoms with Gasteiger partial charge in [0, 0.05) is 37.6 Å². The molecule has 0 atom stereocenters. The minimum atomic E-state index is -0.679. The molecule has 3 heterocycles. The molecule has 144 valence electrons. The van der Waals surface area contributed by atoms with Crippen molar-refractivity contribution in [1.82, 2.24) is 20.1 Å². The van der Waals surface area contributed by atoms with Gasteiger partial charge in [-0.15, -0.1) is 0 Å². The first kappa shape index (κ1) is 18.0. The number of rotatable bonds is 2. The SMILES string of the molecule is Cc1cc(C)c2c(NC(=O)C(=O)N3CCN(c4ccccc4)CC3)n[nH]c2n1. The van der Waals surface area contributed by atoms with Gasteiger partial charge in [-0.2, -0.15) is 5.10 Å². The molecule has 2 N–H and O–H groups in total. The van der Waals surface area contributed by atoms with E-state index in [1.54, 1.807) is 4.90 Å². The summed E-state index contributed by atoms with van der Waals surface area (Å²) in [6.07, 6.45) is 0. The van der Waals surface area contributed by atoms with Gasteiger partial charge in [0.2, 0.25) is 0 Å². The van der Waals surface area contributed by atoms with Crippen LogP contribution in [0, 0.1) is 13.8 Å². The zero-order valence-corrected chi connectivity index (χ0v) is 15.9. The lowest BCUT2D eigenvalue weighted by atomic mass is 10.2. The first-order valence-electron chi connectivity index (χ1n) is 9.25. The summed E-state index contributed by atoms with van der Waals surface area (Å²) >= 11 is 0. The van der Waals surface area contributed by atoms with Crippen LogP contribution in [-0.4, -0.2) is 58.1 Å². The third-order valence-electron chi connectivity index (χ3n) is 4.97. The molecule has 8 heteroatoms. The van der Waals surface area contributed by atoms with Crippen LogP contribution in [0.1, 0.15) is 11.3 Å². The van der Waals surface area contributed by atoms with Crippen molar-refractivity contribution >= 4 is 34.4 Å². The van der Waals surface area contributed by atoms with Gasteiger partial charge in [-0.25, -0.2) is 4.98 Å². The number of nitrogens with zero attached hydrogens (tertiary/aromatic N) is 4. The van der Waals surface area contributed by atoms with Crippen molar-refractivity contribution in [3.63, 3.8) is 0 Å². The second kappa shape index (κ2) is 7.30. The normalized spacial score (nSPS) is 14.4. The summed E-state index contributed by atoms with van der Waals surface area (Å²) in [6, 6.07) is 12.0. The van der Waals surface area contributed by atoms with Crippen molar-refractivity contribution in [3.05, 3.63) is 47.7 Å². The maximum Gasteiger partial charge on any atom is 0.315 e. The number of piperazine rings is 1. The fraction of sp³-hybridized carbons (Fsp3) is 0.300. The Morgan fingerprint density at radius 1 is 1.07 bits per heavy atom. The second-order valence-electron chi connectivity index (χ2n) is 6.95. The lowest BCUT2D eigenvalue weighted by Crippen LogP contribution is -2.51. The van der Waals surface area contributed by atoms with E-state index in [0.717, 1.165) is 22.3 Å². The molecule has 0 radical (unpaired) electrons.